The molecule has 1 amide bonds. The van der Waals surface area contributed by atoms with Gasteiger partial charge in [-0.2, -0.15) is 0 Å². The standard InChI is InChI=1S/C25H36N4O2/c30-18-21-8-12-29(25(31)20-6-5-19-7-9-26-24(19)15-20)17-22(21)16-27-10-2-11-28(14-13-27)23-3-1-4-23/h5-7,9,15,21-23,26,30H,1-4,8,10-14,16-18H2. The smallest absolute Gasteiger partial charge is 0.253 e. The third-order valence-corrected chi connectivity index (χ3v) is 7.92. The van der Waals surface area contributed by atoms with Crippen LogP contribution in [0.4, 0.5) is 0 Å². The lowest BCUT2D eigenvalue weighted by Gasteiger charge is -2.40. The molecule has 5 rings (SSSR count). The molecule has 3 heterocycles. The number of carbonyl (C=O) groups is 1. The first kappa shape index (κ1) is 21.0. The third-order valence-electron chi connectivity index (χ3n) is 7.92. The number of carbonyl (C=O) groups excluding carboxylic acids is 1. The van der Waals surface area contributed by atoms with Crippen LogP contribution in [0.15, 0.2) is 30.5 Å². The van der Waals surface area contributed by atoms with E-state index < -0.39 is 0 Å². The van der Waals surface area contributed by atoms with Crippen LogP contribution in [0.1, 0.15) is 42.5 Å². The highest BCUT2D eigenvalue weighted by Crippen LogP contribution is 2.28. The molecule has 2 saturated heterocycles. The molecular formula is C25H36N4O2. The number of rotatable bonds is 5. The summed E-state index contributed by atoms with van der Waals surface area (Å²) in [5.41, 5.74) is 1.76. The predicted molar refractivity (Wildman–Crippen MR) is 123 cm³/mol. The van der Waals surface area contributed by atoms with Gasteiger partial charge in [0.25, 0.3) is 5.91 Å². The van der Waals surface area contributed by atoms with Crippen molar-refractivity contribution in [1.29, 1.82) is 0 Å². The number of H-pyrrole nitrogens is 1. The van der Waals surface area contributed by atoms with Crippen molar-refractivity contribution < 1.29 is 9.90 Å². The van der Waals surface area contributed by atoms with Crippen LogP contribution in [0.3, 0.4) is 0 Å². The van der Waals surface area contributed by atoms with Crippen molar-refractivity contribution in [3.05, 3.63) is 36.0 Å². The Bertz CT molecular complexity index is 893. The Morgan fingerprint density at radius 2 is 1.90 bits per heavy atom. The quantitative estimate of drug-likeness (QED) is 0.775. The maximum Gasteiger partial charge on any atom is 0.253 e. The molecule has 2 N–H and O–H groups in total. The maximum absolute atomic E-state index is 13.2. The monoisotopic (exact) mass is 424 g/mol. The van der Waals surface area contributed by atoms with Gasteiger partial charge in [-0.3, -0.25) is 9.69 Å². The number of aromatic nitrogens is 1. The van der Waals surface area contributed by atoms with Crippen LogP contribution in [0.5, 0.6) is 0 Å². The Morgan fingerprint density at radius 1 is 1.00 bits per heavy atom. The van der Waals surface area contributed by atoms with Crippen LogP contribution in [0.2, 0.25) is 0 Å². The second-order valence-corrected chi connectivity index (χ2v) is 9.80. The fourth-order valence-corrected chi connectivity index (χ4v) is 5.70. The molecule has 2 unspecified atom stereocenters. The summed E-state index contributed by atoms with van der Waals surface area (Å²) < 4.78 is 0. The second kappa shape index (κ2) is 9.31. The number of aromatic amines is 1. The average Bonchev–Trinajstić information content (AvgIpc) is 3.12. The van der Waals surface area contributed by atoms with Crippen LogP contribution in [-0.4, -0.2) is 89.2 Å². The van der Waals surface area contributed by atoms with Crippen molar-refractivity contribution in [1.82, 2.24) is 19.7 Å². The third kappa shape index (κ3) is 4.52. The highest BCUT2D eigenvalue weighted by atomic mass is 16.3. The molecule has 0 bridgehead atoms. The molecule has 1 aliphatic carbocycles. The molecule has 2 aliphatic heterocycles. The molecular weight excluding hydrogens is 388 g/mol. The van der Waals surface area contributed by atoms with E-state index in [0.29, 0.717) is 11.8 Å². The van der Waals surface area contributed by atoms with Gasteiger partial charge in [-0.25, -0.2) is 0 Å². The van der Waals surface area contributed by atoms with Crippen molar-refractivity contribution in [3.8, 4) is 0 Å². The first-order chi connectivity index (χ1) is 15.2. The zero-order valence-corrected chi connectivity index (χ0v) is 18.5. The van der Waals surface area contributed by atoms with Crippen molar-refractivity contribution in [3.63, 3.8) is 0 Å². The van der Waals surface area contributed by atoms with Crippen molar-refractivity contribution in [2.24, 2.45) is 11.8 Å². The molecule has 2 atom stereocenters. The highest BCUT2D eigenvalue weighted by molar-refractivity contribution is 5.98. The van der Waals surface area contributed by atoms with E-state index >= 15 is 0 Å². The van der Waals surface area contributed by atoms with Crippen molar-refractivity contribution in [2.45, 2.75) is 38.1 Å². The number of piperidine rings is 1. The minimum atomic E-state index is 0.116. The lowest BCUT2D eigenvalue weighted by molar-refractivity contribution is 0.0394. The van der Waals surface area contributed by atoms with Gasteiger partial charge in [-0.05, 0) is 74.2 Å². The molecule has 3 fully saturated rings. The molecule has 0 spiro atoms. The minimum absolute atomic E-state index is 0.116. The molecule has 6 nitrogen and oxygen atoms in total. The summed E-state index contributed by atoms with van der Waals surface area (Å²) in [6.07, 6.45) is 8.17. The van der Waals surface area contributed by atoms with E-state index in [0.717, 1.165) is 61.7 Å². The van der Waals surface area contributed by atoms with E-state index in [4.69, 9.17) is 0 Å². The molecule has 31 heavy (non-hydrogen) atoms. The number of benzene rings is 1. The summed E-state index contributed by atoms with van der Waals surface area (Å²) in [4.78, 5) is 23.7. The summed E-state index contributed by atoms with van der Waals surface area (Å²) >= 11 is 0. The topological polar surface area (TPSA) is 62.8 Å². The summed E-state index contributed by atoms with van der Waals surface area (Å²) in [7, 11) is 0. The Kier molecular flexibility index (Phi) is 6.30. The minimum Gasteiger partial charge on any atom is -0.396 e. The van der Waals surface area contributed by atoms with Gasteiger partial charge in [-0.1, -0.05) is 12.5 Å². The van der Waals surface area contributed by atoms with Crippen LogP contribution in [0.25, 0.3) is 10.9 Å². The maximum atomic E-state index is 13.2. The normalized spacial score (nSPS) is 26.7. The van der Waals surface area contributed by atoms with Gasteiger partial charge < -0.3 is 19.9 Å². The average molecular weight is 425 g/mol. The molecule has 1 aromatic heterocycles. The fourth-order valence-electron chi connectivity index (χ4n) is 5.70. The second-order valence-electron chi connectivity index (χ2n) is 9.80. The number of nitrogens with one attached hydrogen (secondary N) is 1. The van der Waals surface area contributed by atoms with E-state index in [-0.39, 0.29) is 12.5 Å². The van der Waals surface area contributed by atoms with Crippen LogP contribution in [0, 0.1) is 11.8 Å². The number of aliphatic hydroxyl groups excluding tert-OH is 1. The van der Waals surface area contributed by atoms with Crippen molar-refractivity contribution >= 4 is 16.8 Å². The Labute approximate surface area is 185 Å². The SMILES string of the molecule is O=C(c1ccc2cc[nH]c2c1)N1CCC(CO)C(CN2CCCN(C3CCC3)CC2)C1. The molecule has 1 saturated carbocycles. The Balaban J connectivity index is 1.22. The van der Waals surface area contributed by atoms with Gasteiger partial charge in [0.05, 0.1) is 0 Å². The summed E-state index contributed by atoms with van der Waals surface area (Å²) in [6.45, 7) is 7.33. The van der Waals surface area contributed by atoms with E-state index in [1.54, 1.807) is 0 Å². The molecule has 168 valence electrons. The number of likely N-dealkylation sites (tertiary alicyclic amines) is 1. The van der Waals surface area contributed by atoms with Gasteiger partial charge in [0.2, 0.25) is 0 Å². The highest BCUT2D eigenvalue weighted by Gasteiger charge is 2.34. The van der Waals surface area contributed by atoms with Crippen molar-refractivity contribution in [2.75, 3.05) is 52.4 Å². The van der Waals surface area contributed by atoms with Crippen LogP contribution >= 0.6 is 0 Å². The first-order valence-corrected chi connectivity index (χ1v) is 12.1. The number of aliphatic hydroxyl groups is 1. The number of amides is 1. The molecule has 0 radical (unpaired) electrons. The van der Waals surface area contributed by atoms with E-state index in [1.165, 1.54) is 38.8 Å². The summed E-state index contributed by atoms with van der Waals surface area (Å²) in [5.74, 6) is 0.748. The van der Waals surface area contributed by atoms with E-state index in [1.807, 2.05) is 35.4 Å². The molecule has 2 aromatic rings. The zero-order chi connectivity index (χ0) is 21.2. The van der Waals surface area contributed by atoms with Gasteiger partial charge in [0.15, 0.2) is 0 Å². The number of nitrogens with zero attached hydrogens (tertiary/aromatic N) is 3. The van der Waals surface area contributed by atoms with Gasteiger partial charge >= 0.3 is 0 Å². The predicted octanol–water partition coefficient (Wildman–Crippen LogP) is 2.80. The molecule has 3 aliphatic rings. The fraction of sp³-hybridized carbons (Fsp3) is 0.640. The number of hydrogen-bond acceptors (Lipinski definition) is 4. The first-order valence-electron chi connectivity index (χ1n) is 12.1. The Morgan fingerprint density at radius 3 is 2.71 bits per heavy atom. The molecule has 1 aromatic carbocycles. The zero-order valence-electron chi connectivity index (χ0n) is 18.5. The van der Waals surface area contributed by atoms with Gasteiger partial charge in [0.1, 0.15) is 0 Å². The lowest BCUT2D eigenvalue weighted by atomic mass is 9.85. The Hall–Kier alpha value is -1.89. The van der Waals surface area contributed by atoms with Gasteiger partial charge in [0, 0.05) is 62.6 Å². The van der Waals surface area contributed by atoms with Crippen LogP contribution < -0.4 is 0 Å². The number of hydrogen-bond donors (Lipinski definition) is 2. The summed E-state index contributed by atoms with van der Waals surface area (Å²) in [6, 6.07) is 8.77. The van der Waals surface area contributed by atoms with Gasteiger partial charge in [-0.15, -0.1) is 0 Å². The summed E-state index contributed by atoms with van der Waals surface area (Å²) in [5, 5.41) is 11.1. The lowest BCUT2D eigenvalue weighted by Crippen LogP contribution is -2.49. The van der Waals surface area contributed by atoms with E-state index in [2.05, 4.69) is 14.8 Å². The molecule has 6 heteroatoms. The largest absolute Gasteiger partial charge is 0.396 e. The van der Waals surface area contributed by atoms with Crippen LogP contribution in [-0.2, 0) is 0 Å². The number of fused-ring (bicyclic) bond motifs is 1. The van der Waals surface area contributed by atoms with E-state index in [9.17, 15) is 9.90 Å².